The van der Waals surface area contributed by atoms with Crippen molar-refractivity contribution in [2.45, 2.75) is 73.3 Å². The van der Waals surface area contributed by atoms with Crippen molar-refractivity contribution in [2.75, 3.05) is 11.9 Å². The number of hydrogen-bond acceptors (Lipinski definition) is 2. The fourth-order valence-electron chi connectivity index (χ4n) is 4.09. The zero-order valence-corrected chi connectivity index (χ0v) is 19.4. The number of carbonyl (C=O) groups is 1. The molecule has 2 N–H and O–H groups in total. The SMILES string of the molecule is CC.Cc1cc(C)c(C(C)(C)C(C)(N)C(=O)N(C)c2ccccc2C)c(C)c1. The molecule has 2 rings (SSSR count). The Balaban J connectivity index is 0.00000190. The van der Waals surface area contributed by atoms with E-state index in [-0.39, 0.29) is 5.91 Å². The largest absolute Gasteiger partial charge is 0.317 e. The van der Waals surface area contributed by atoms with Crippen molar-refractivity contribution in [1.29, 1.82) is 0 Å². The van der Waals surface area contributed by atoms with Gasteiger partial charge in [0.05, 0.1) is 0 Å². The average Bonchev–Trinajstić information content (AvgIpc) is 2.61. The molecular weight excluding hydrogens is 344 g/mol. The predicted octanol–water partition coefficient (Wildman–Crippen LogP) is 5.60. The molecule has 0 spiro atoms. The summed E-state index contributed by atoms with van der Waals surface area (Å²) in [4.78, 5) is 15.1. The Labute approximate surface area is 171 Å². The van der Waals surface area contributed by atoms with Gasteiger partial charge in [0.25, 0.3) is 0 Å². The van der Waals surface area contributed by atoms with Crippen LogP contribution in [0.15, 0.2) is 36.4 Å². The number of carbonyl (C=O) groups excluding carboxylic acids is 1. The van der Waals surface area contributed by atoms with Crippen molar-refractivity contribution in [2.24, 2.45) is 5.73 Å². The zero-order chi connectivity index (χ0) is 21.9. The average molecular weight is 383 g/mol. The summed E-state index contributed by atoms with van der Waals surface area (Å²) >= 11 is 0. The molecule has 0 aliphatic carbocycles. The number of benzene rings is 2. The Morgan fingerprint density at radius 2 is 1.36 bits per heavy atom. The first kappa shape index (κ1) is 23.9. The van der Waals surface area contributed by atoms with E-state index in [4.69, 9.17) is 5.73 Å². The molecule has 1 atom stereocenters. The van der Waals surface area contributed by atoms with Crippen LogP contribution < -0.4 is 10.6 Å². The maximum atomic E-state index is 13.4. The molecular formula is C25H38N2O. The molecule has 28 heavy (non-hydrogen) atoms. The lowest BCUT2D eigenvalue weighted by Crippen LogP contribution is -2.63. The topological polar surface area (TPSA) is 46.3 Å². The highest BCUT2D eigenvalue weighted by Crippen LogP contribution is 2.39. The molecule has 0 aliphatic heterocycles. The van der Waals surface area contributed by atoms with Crippen molar-refractivity contribution in [1.82, 2.24) is 0 Å². The Morgan fingerprint density at radius 3 is 1.82 bits per heavy atom. The Morgan fingerprint density at radius 1 is 0.893 bits per heavy atom. The molecule has 0 radical (unpaired) electrons. The summed E-state index contributed by atoms with van der Waals surface area (Å²) in [6, 6.07) is 12.2. The molecule has 1 unspecified atom stereocenters. The number of nitrogens with zero attached hydrogens (tertiary/aromatic N) is 1. The minimum absolute atomic E-state index is 0.0869. The van der Waals surface area contributed by atoms with Crippen LogP contribution in [-0.2, 0) is 10.2 Å². The highest BCUT2D eigenvalue weighted by atomic mass is 16.2. The second-order valence-electron chi connectivity index (χ2n) is 8.25. The minimum atomic E-state index is -1.06. The van der Waals surface area contributed by atoms with Crippen LogP contribution in [0.1, 0.15) is 62.4 Å². The van der Waals surface area contributed by atoms with Crippen molar-refractivity contribution < 1.29 is 4.79 Å². The summed E-state index contributed by atoms with van der Waals surface area (Å²) in [5.74, 6) is -0.0869. The summed E-state index contributed by atoms with van der Waals surface area (Å²) < 4.78 is 0. The minimum Gasteiger partial charge on any atom is -0.317 e. The highest BCUT2D eigenvalue weighted by Gasteiger charge is 2.47. The summed E-state index contributed by atoms with van der Waals surface area (Å²) in [6.45, 7) is 18.3. The summed E-state index contributed by atoms with van der Waals surface area (Å²) in [5, 5.41) is 0. The molecule has 2 aromatic carbocycles. The number of aryl methyl sites for hydroxylation is 4. The first-order chi connectivity index (χ1) is 12.9. The van der Waals surface area contributed by atoms with E-state index in [1.54, 1.807) is 11.9 Å². The number of anilines is 1. The summed E-state index contributed by atoms with van der Waals surface area (Å²) in [7, 11) is 1.81. The van der Waals surface area contributed by atoms with Crippen LogP contribution in [-0.4, -0.2) is 18.5 Å². The second-order valence-corrected chi connectivity index (χ2v) is 8.25. The van der Waals surface area contributed by atoms with Crippen LogP contribution in [0, 0.1) is 27.7 Å². The van der Waals surface area contributed by atoms with Gasteiger partial charge in [-0.3, -0.25) is 4.79 Å². The molecule has 3 nitrogen and oxygen atoms in total. The van der Waals surface area contributed by atoms with Gasteiger partial charge in [-0.1, -0.05) is 63.6 Å². The van der Waals surface area contributed by atoms with Crippen molar-refractivity contribution >= 4 is 11.6 Å². The molecule has 154 valence electrons. The third-order valence-corrected chi connectivity index (χ3v) is 5.83. The lowest BCUT2D eigenvalue weighted by atomic mass is 9.66. The fourth-order valence-corrected chi connectivity index (χ4v) is 4.09. The molecule has 3 heteroatoms. The van der Waals surface area contributed by atoms with Gasteiger partial charge in [-0.2, -0.15) is 0 Å². The van der Waals surface area contributed by atoms with E-state index < -0.39 is 11.0 Å². The van der Waals surface area contributed by atoms with Gasteiger partial charge >= 0.3 is 0 Å². The monoisotopic (exact) mass is 382 g/mol. The first-order valence-electron chi connectivity index (χ1n) is 10.1. The zero-order valence-electron chi connectivity index (χ0n) is 19.4. The van der Waals surface area contributed by atoms with Gasteiger partial charge in [0, 0.05) is 18.2 Å². The van der Waals surface area contributed by atoms with E-state index in [1.165, 1.54) is 16.7 Å². The van der Waals surface area contributed by atoms with Crippen LogP contribution in [0.25, 0.3) is 0 Å². The summed E-state index contributed by atoms with van der Waals surface area (Å²) in [6.07, 6.45) is 0. The van der Waals surface area contributed by atoms with Gasteiger partial charge < -0.3 is 10.6 Å². The number of likely N-dealkylation sites (N-methyl/N-ethyl adjacent to an activating group) is 1. The Bertz CT molecular complexity index is 811. The van der Waals surface area contributed by atoms with Crippen LogP contribution >= 0.6 is 0 Å². The Kier molecular flexibility index (Phi) is 7.61. The molecule has 0 aliphatic rings. The van der Waals surface area contributed by atoms with E-state index in [0.717, 1.165) is 16.8 Å². The van der Waals surface area contributed by atoms with E-state index in [1.807, 2.05) is 52.0 Å². The molecule has 0 heterocycles. The maximum absolute atomic E-state index is 13.4. The van der Waals surface area contributed by atoms with Crippen LogP contribution in [0.2, 0.25) is 0 Å². The van der Waals surface area contributed by atoms with E-state index in [9.17, 15) is 4.79 Å². The lowest BCUT2D eigenvalue weighted by Gasteiger charge is -2.44. The van der Waals surface area contributed by atoms with Crippen molar-refractivity contribution in [3.05, 3.63) is 64.2 Å². The van der Waals surface area contributed by atoms with Gasteiger partial charge in [0.2, 0.25) is 5.91 Å². The van der Waals surface area contributed by atoms with Gasteiger partial charge in [0.15, 0.2) is 0 Å². The number of para-hydroxylation sites is 1. The van der Waals surface area contributed by atoms with E-state index in [0.29, 0.717) is 0 Å². The Hall–Kier alpha value is -2.13. The third kappa shape index (κ3) is 4.30. The number of amides is 1. The normalized spacial score (nSPS) is 13.2. The van der Waals surface area contributed by atoms with E-state index >= 15 is 0 Å². The van der Waals surface area contributed by atoms with Crippen LogP contribution in [0.3, 0.4) is 0 Å². The molecule has 1 amide bonds. The highest BCUT2D eigenvalue weighted by molar-refractivity contribution is 6.01. The molecule has 0 fully saturated rings. The van der Waals surface area contributed by atoms with Crippen molar-refractivity contribution in [3.8, 4) is 0 Å². The first-order valence-corrected chi connectivity index (χ1v) is 10.1. The van der Waals surface area contributed by atoms with Gasteiger partial charge in [-0.15, -0.1) is 0 Å². The van der Waals surface area contributed by atoms with Crippen LogP contribution in [0.4, 0.5) is 5.69 Å². The number of nitrogens with two attached hydrogens (primary N) is 1. The second kappa shape index (κ2) is 8.91. The third-order valence-electron chi connectivity index (χ3n) is 5.83. The summed E-state index contributed by atoms with van der Waals surface area (Å²) in [5.41, 5.74) is 11.8. The lowest BCUT2D eigenvalue weighted by molar-refractivity contribution is -0.125. The predicted molar refractivity (Wildman–Crippen MR) is 122 cm³/mol. The van der Waals surface area contributed by atoms with Gasteiger partial charge in [-0.25, -0.2) is 0 Å². The van der Waals surface area contributed by atoms with E-state index in [2.05, 4.69) is 46.8 Å². The molecule has 0 saturated heterocycles. The smallest absolute Gasteiger partial charge is 0.247 e. The van der Waals surface area contributed by atoms with Crippen LogP contribution in [0.5, 0.6) is 0 Å². The van der Waals surface area contributed by atoms with Crippen molar-refractivity contribution in [3.63, 3.8) is 0 Å². The standard InChI is InChI=1S/C23H32N2O.C2H6/c1-15-13-17(3)20(18(4)14-15)22(5,6)23(7,24)21(26)25(8)19-12-10-9-11-16(19)2;1-2/h9-14H,24H2,1-8H3;1-2H3. The number of rotatable bonds is 4. The number of hydrogen-bond donors (Lipinski definition) is 1. The van der Waals surface area contributed by atoms with Gasteiger partial charge in [-0.05, 0) is 62.9 Å². The quantitative estimate of drug-likeness (QED) is 0.747. The fraction of sp³-hybridized carbons (Fsp3) is 0.480. The molecule has 2 aromatic rings. The van der Waals surface area contributed by atoms with Gasteiger partial charge in [0.1, 0.15) is 5.54 Å². The molecule has 0 aromatic heterocycles. The molecule has 0 bridgehead atoms. The maximum Gasteiger partial charge on any atom is 0.247 e. The molecule has 0 saturated carbocycles.